The van der Waals surface area contributed by atoms with Crippen LogP contribution in [0.25, 0.3) is 0 Å². The van der Waals surface area contributed by atoms with Crippen molar-refractivity contribution in [1.82, 2.24) is 10.0 Å². The van der Waals surface area contributed by atoms with Crippen molar-refractivity contribution in [2.24, 2.45) is 5.73 Å². The Morgan fingerprint density at radius 3 is 2.67 bits per heavy atom. The number of carbonyl (C=O) groups excluding carboxylic acids is 1. The van der Waals surface area contributed by atoms with Crippen LogP contribution in [-0.4, -0.2) is 36.5 Å². The van der Waals surface area contributed by atoms with Crippen LogP contribution in [0.15, 0.2) is 59.6 Å². The number of nitrogens with zero attached hydrogens (tertiary/aromatic N) is 3. The average molecular weight is 364 g/mol. The first-order valence-electron chi connectivity index (χ1n) is 8.96. The number of allylic oxidation sites excluding steroid dienone is 3. The summed E-state index contributed by atoms with van der Waals surface area (Å²) in [7, 11) is 3.72. The fourth-order valence-corrected chi connectivity index (χ4v) is 3.77. The van der Waals surface area contributed by atoms with Gasteiger partial charge in [-0.2, -0.15) is 5.26 Å². The quantitative estimate of drug-likeness (QED) is 0.809. The number of hydrogen-bond acceptors (Lipinski definition) is 6. The molecule has 0 spiro atoms. The molecule has 3 rings (SSSR count). The Balaban J connectivity index is 2.11. The standard InChI is InChI=1S/C21H24N4O2/c1-4-12-27-15-10-8-14(9-11-15)19-16(13-22)21(23)25(24(2)3)17-6-5-7-18(26)20(17)19/h4,8-11,19H,1,5-7,12,23H2,2-3H3/t19-/m1/s1. The highest BCUT2D eigenvalue weighted by Crippen LogP contribution is 2.45. The third-order valence-electron chi connectivity index (χ3n) is 4.87. The number of benzene rings is 1. The molecule has 2 N–H and O–H groups in total. The maximum atomic E-state index is 12.8. The zero-order valence-corrected chi connectivity index (χ0v) is 15.7. The highest BCUT2D eigenvalue weighted by atomic mass is 16.5. The Bertz CT molecular complexity index is 859. The third-order valence-corrected chi connectivity index (χ3v) is 4.87. The Kier molecular flexibility index (Phi) is 5.33. The zero-order valence-electron chi connectivity index (χ0n) is 15.7. The van der Waals surface area contributed by atoms with Gasteiger partial charge in [-0.05, 0) is 30.5 Å². The summed E-state index contributed by atoms with van der Waals surface area (Å²) in [6.07, 6.45) is 3.73. The van der Waals surface area contributed by atoms with Crippen molar-refractivity contribution < 1.29 is 9.53 Å². The summed E-state index contributed by atoms with van der Waals surface area (Å²) in [5, 5.41) is 13.5. The molecule has 0 saturated carbocycles. The van der Waals surface area contributed by atoms with Gasteiger partial charge in [0.15, 0.2) is 5.78 Å². The fraction of sp³-hybridized carbons (Fsp3) is 0.333. The lowest BCUT2D eigenvalue weighted by Gasteiger charge is -2.42. The predicted molar refractivity (Wildman–Crippen MR) is 103 cm³/mol. The second-order valence-corrected chi connectivity index (χ2v) is 6.81. The lowest BCUT2D eigenvalue weighted by molar-refractivity contribution is -0.116. The lowest BCUT2D eigenvalue weighted by Crippen LogP contribution is -2.45. The van der Waals surface area contributed by atoms with Crippen LogP contribution in [0.4, 0.5) is 0 Å². The molecule has 0 saturated heterocycles. The number of hydrazine groups is 1. The summed E-state index contributed by atoms with van der Waals surface area (Å²) in [5.41, 5.74) is 9.21. The topological polar surface area (TPSA) is 82.6 Å². The molecule has 0 radical (unpaired) electrons. The van der Waals surface area contributed by atoms with Crippen molar-refractivity contribution in [3.63, 3.8) is 0 Å². The molecular weight excluding hydrogens is 340 g/mol. The van der Waals surface area contributed by atoms with E-state index in [1.807, 2.05) is 43.4 Å². The van der Waals surface area contributed by atoms with Gasteiger partial charge in [-0.25, -0.2) is 5.01 Å². The fourth-order valence-electron chi connectivity index (χ4n) is 3.77. The SMILES string of the molecule is C=CCOc1ccc([C@@H]2C(C#N)=C(N)N(N(C)C)C3=C2C(=O)CCC3)cc1. The average Bonchev–Trinajstić information content (AvgIpc) is 2.65. The van der Waals surface area contributed by atoms with Crippen molar-refractivity contribution in [3.05, 3.63) is 65.1 Å². The number of ketones is 1. The van der Waals surface area contributed by atoms with Crippen LogP contribution < -0.4 is 10.5 Å². The van der Waals surface area contributed by atoms with Gasteiger partial charge in [0.05, 0.1) is 17.6 Å². The van der Waals surface area contributed by atoms with Crippen LogP contribution in [0.1, 0.15) is 30.7 Å². The van der Waals surface area contributed by atoms with Gasteiger partial charge in [-0.1, -0.05) is 24.8 Å². The maximum absolute atomic E-state index is 12.8. The van der Waals surface area contributed by atoms with Gasteiger partial charge in [-0.15, -0.1) is 0 Å². The van der Waals surface area contributed by atoms with Crippen molar-refractivity contribution >= 4 is 5.78 Å². The molecule has 1 heterocycles. The highest BCUT2D eigenvalue weighted by molar-refractivity contribution is 5.99. The second kappa shape index (κ2) is 7.68. The predicted octanol–water partition coefficient (Wildman–Crippen LogP) is 2.83. The first kappa shape index (κ1) is 18.7. The van der Waals surface area contributed by atoms with Crippen LogP contribution in [0, 0.1) is 11.3 Å². The van der Waals surface area contributed by atoms with Gasteiger partial charge in [0.1, 0.15) is 18.2 Å². The molecule has 0 unspecified atom stereocenters. The first-order valence-corrected chi connectivity index (χ1v) is 8.96. The zero-order chi connectivity index (χ0) is 19.6. The van der Waals surface area contributed by atoms with Crippen LogP contribution in [0.3, 0.4) is 0 Å². The number of hydrogen-bond donors (Lipinski definition) is 1. The van der Waals surface area contributed by atoms with Crippen molar-refractivity contribution in [3.8, 4) is 11.8 Å². The van der Waals surface area contributed by atoms with Gasteiger partial charge in [0.25, 0.3) is 0 Å². The van der Waals surface area contributed by atoms with Gasteiger partial charge in [-0.3, -0.25) is 9.80 Å². The van der Waals surface area contributed by atoms with Crippen LogP contribution in [-0.2, 0) is 4.79 Å². The summed E-state index contributed by atoms with van der Waals surface area (Å²) in [5.74, 6) is 0.736. The molecule has 1 aromatic carbocycles. The largest absolute Gasteiger partial charge is 0.490 e. The molecular formula is C21H24N4O2. The van der Waals surface area contributed by atoms with Crippen molar-refractivity contribution in [2.45, 2.75) is 25.2 Å². The molecule has 1 aliphatic carbocycles. The molecule has 27 heavy (non-hydrogen) atoms. The summed E-state index contributed by atoms with van der Waals surface area (Å²) >= 11 is 0. The number of ether oxygens (including phenoxy) is 1. The normalized spacial score (nSPS) is 19.9. The van der Waals surface area contributed by atoms with E-state index in [0.717, 1.165) is 24.1 Å². The lowest BCUT2D eigenvalue weighted by atomic mass is 9.76. The van der Waals surface area contributed by atoms with E-state index in [1.54, 1.807) is 11.1 Å². The van der Waals surface area contributed by atoms with Gasteiger partial charge < -0.3 is 10.5 Å². The minimum atomic E-state index is -0.442. The molecule has 140 valence electrons. The third kappa shape index (κ3) is 3.34. The van der Waals surface area contributed by atoms with E-state index in [1.165, 1.54) is 0 Å². The Morgan fingerprint density at radius 1 is 1.37 bits per heavy atom. The van der Waals surface area contributed by atoms with E-state index < -0.39 is 5.92 Å². The minimum absolute atomic E-state index is 0.0836. The molecule has 6 heteroatoms. The molecule has 0 fully saturated rings. The van der Waals surface area contributed by atoms with E-state index in [2.05, 4.69) is 12.6 Å². The number of nitriles is 1. The summed E-state index contributed by atoms with van der Waals surface area (Å²) in [6, 6.07) is 9.72. The van der Waals surface area contributed by atoms with Gasteiger partial charge >= 0.3 is 0 Å². The number of Topliss-reactive ketones (excluding diaryl/α,β-unsaturated/α-hetero) is 1. The molecule has 2 aliphatic rings. The van der Waals surface area contributed by atoms with E-state index in [9.17, 15) is 10.1 Å². The van der Waals surface area contributed by atoms with E-state index >= 15 is 0 Å². The summed E-state index contributed by atoms with van der Waals surface area (Å²) < 4.78 is 5.53. The number of carbonyl (C=O) groups is 1. The second-order valence-electron chi connectivity index (χ2n) is 6.81. The Morgan fingerprint density at radius 2 is 2.07 bits per heavy atom. The smallest absolute Gasteiger partial charge is 0.161 e. The van der Waals surface area contributed by atoms with E-state index in [0.29, 0.717) is 35.7 Å². The molecule has 1 aliphatic heterocycles. The van der Waals surface area contributed by atoms with Crippen LogP contribution in [0.5, 0.6) is 5.75 Å². The van der Waals surface area contributed by atoms with Crippen LogP contribution >= 0.6 is 0 Å². The Hall–Kier alpha value is -3.04. The molecule has 0 amide bonds. The van der Waals surface area contributed by atoms with Crippen molar-refractivity contribution in [1.29, 1.82) is 5.26 Å². The van der Waals surface area contributed by atoms with Crippen molar-refractivity contribution in [2.75, 3.05) is 20.7 Å². The van der Waals surface area contributed by atoms with Crippen LogP contribution in [0.2, 0.25) is 0 Å². The monoisotopic (exact) mass is 364 g/mol. The number of nitrogens with two attached hydrogens (primary N) is 1. The van der Waals surface area contributed by atoms with Gasteiger partial charge in [0.2, 0.25) is 0 Å². The summed E-state index contributed by atoms with van der Waals surface area (Å²) in [4.78, 5) is 12.8. The van der Waals surface area contributed by atoms with E-state index in [-0.39, 0.29) is 5.78 Å². The minimum Gasteiger partial charge on any atom is -0.490 e. The highest BCUT2D eigenvalue weighted by Gasteiger charge is 2.40. The molecule has 0 aromatic heterocycles. The number of rotatable bonds is 5. The molecule has 1 aromatic rings. The van der Waals surface area contributed by atoms with Gasteiger partial charge in [0, 0.05) is 31.8 Å². The molecule has 1 atom stereocenters. The molecule has 6 nitrogen and oxygen atoms in total. The Labute approximate surface area is 159 Å². The maximum Gasteiger partial charge on any atom is 0.161 e. The summed E-state index contributed by atoms with van der Waals surface area (Å²) in [6.45, 7) is 4.06. The first-order chi connectivity index (χ1) is 13.0. The molecule has 0 bridgehead atoms. The van der Waals surface area contributed by atoms with E-state index in [4.69, 9.17) is 10.5 Å².